The third kappa shape index (κ3) is 4.57. The highest BCUT2D eigenvalue weighted by atomic mass is 16.6. The minimum atomic E-state index is -1.60. The molecule has 2 unspecified atom stereocenters. The molecule has 0 aromatic heterocycles. The molecule has 0 saturated carbocycles. The number of benzene rings is 2. The first-order valence-electron chi connectivity index (χ1n) is 10.3. The summed E-state index contributed by atoms with van der Waals surface area (Å²) in [5.74, 6) is -1.17. The lowest BCUT2D eigenvalue weighted by molar-refractivity contribution is -0.172. The molecule has 0 bridgehead atoms. The Morgan fingerprint density at radius 1 is 0.833 bits per heavy atom. The summed E-state index contributed by atoms with van der Waals surface area (Å²) in [7, 11) is 0. The summed E-state index contributed by atoms with van der Waals surface area (Å²) in [4.78, 5) is 26.4. The minimum Gasteiger partial charge on any atom is -0.465 e. The van der Waals surface area contributed by atoms with E-state index in [-0.39, 0.29) is 13.0 Å². The molecule has 0 aliphatic carbocycles. The molecular weight excluding hydrogens is 378 g/mol. The molecule has 0 aliphatic rings. The van der Waals surface area contributed by atoms with Crippen molar-refractivity contribution < 1.29 is 19.1 Å². The molecule has 2 aromatic carbocycles. The monoisotopic (exact) mass is 411 g/mol. The minimum absolute atomic E-state index is 0.185. The molecule has 0 aliphatic heterocycles. The van der Waals surface area contributed by atoms with E-state index in [0.29, 0.717) is 5.56 Å². The normalized spacial score (nSPS) is 15.6. The van der Waals surface area contributed by atoms with Crippen molar-refractivity contribution in [2.75, 3.05) is 6.61 Å². The summed E-state index contributed by atoms with van der Waals surface area (Å²) in [6, 6.07) is 17.4. The Morgan fingerprint density at radius 3 is 1.83 bits per heavy atom. The number of ether oxygens (including phenoxy) is 2. The molecule has 0 spiro atoms. The van der Waals surface area contributed by atoms with Crippen molar-refractivity contribution in [1.82, 2.24) is 0 Å². The summed E-state index contributed by atoms with van der Waals surface area (Å²) in [6.45, 7) is 10.7. The van der Waals surface area contributed by atoms with E-state index in [9.17, 15) is 9.59 Å². The van der Waals surface area contributed by atoms with E-state index < -0.39 is 28.5 Å². The predicted octanol–water partition coefficient (Wildman–Crippen LogP) is 4.62. The van der Waals surface area contributed by atoms with Crippen molar-refractivity contribution in [3.8, 4) is 11.1 Å². The zero-order chi connectivity index (χ0) is 22.6. The van der Waals surface area contributed by atoms with E-state index in [1.165, 1.54) is 0 Å². The Labute approximate surface area is 179 Å². The maximum atomic E-state index is 13.2. The zero-order valence-electron chi connectivity index (χ0n) is 18.8. The van der Waals surface area contributed by atoms with Crippen molar-refractivity contribution in [1.29, 1.82) is 0 Å². The third-order valence-corrected chi connectivity index (χ3v) is 5.47. The van der Waals surface area contributed by atoms with Gasteiger partial charge in [-0.3, -0.25) is 4.79 Å². The molecule has 162 valence electrons. The summed E-state index contributed by atoms with van der Waals surface area (Å²) >= 11 is 0. The molecule has 2 atom stereocenters. The van der Waals surface area contributed by atoms with E-state index in [1.807, 2.05) is 54.6 Å². The van der Waals surface area contributed by atoms with Gasteiger partial charge >= 0.3 is 11.9 Å². The largest absolute Gasteiger partial charge is 0.465 e. The van der Waals surface area contributed by atoms with Crippen molar-refractivity contribution in [3.05, 3.63) is 60.2 Å². The van der Waals surface area contributed by atoms with Crippen molar-refractivity contribution >= 4 is 11.9 Å². The number of hydrogen-bond donors (Lipinski definition) is 1. The fraction of sp³-hybridized carbons (Fsp3) is 0.440. The first kappa shape index (κ1) is 23.6. The van der Waals surface area contributed by atoms with E-state index in [1.54, 1.807) is 41.5 Å². The third-order valence-electron chi connectivity index (χ3n) is 5.47. The lowest BCUT2D eigenvalue weighted by atomic mass is 9.65. The van der Waals surface area contributed by atoms with Gasteiger partial charge in [0.05, 0.1) is 6.61 Å². The molecule has 2 N–H and O–H groups in total. The zero-order valence-corrected chi connectivity index (χ0v) is 18.8. The van der Waals surface area contributed by atoms with Crippen molar-refractivity contribution in [2.45, 2.75) is 64.5 Å². The van der Waals surface area contributed by atoms with E-state index >= 15 is 0 Å². The smallest absolute Gasteiger partial charge is 0.328 e. The molecular formula is C25H33NO4. The second kappa shape index (κ2) is 9.00. The first-order chi connectivity index (χ1) is 14.0. The summed E-state index contributed by atoms with van der Waals surface area (Å²) in [5.41, 5.74) is 5.58. The van der Waals surface area contributed by atoms with Crippen LogP contribution in [0.1, 0.15) is 53.5 Å². The Morgan fingerprint density at radius 2 is 1.37 bits per heavy atom. The van der Waals surface area contributed by atoms with Gasteiger partial charge in [-0.25, -0.2) is 4.79 Å². The quantitative estimate of drug-likeness (QED) is 0.673. The predicted molar refractivity (Wildman–Crippen MR) is 119 cm³/mol. The van der Waals surface area contributed by atoms with Crippen LogP contribution in [-0.4, -0.2) is 29.7 Å². The molecule has 5 heteroatoms. The van der Waals surface area contributed by atoms with E-state index in [0.717, 1.165) is 11.1 Å². The number of carbonyl (C=O) groups is 2. The van der Waals surface area contributed by atoms with Crippen LogP contribution in [0.4, 0.5) is 0 Å². The van der Waals surface area contributed by atoms with Crippen LogP contribution in [0.15, 0.2) is 54.6 Å². The lowest BCUT2D eigenvalue weighted by Crippen LogP contribution is -2.66. The molecule has 0 saturated heterocycles. The lowest BCUT2D eigenvalue weighted by Gasteiger charge is -2.43. The van der Waals surface area contributed by atoms with Crippen molar-refractivity contribution in [2.24, 2.45) is 5.73 Å². The summed E-state index contributed by atoms with van der Waals surface area (Å²) in [6.07, 6.45) is 0.206. The fourth-order valence-corrected chi connectivity index (χ4v) is 3.53. The maximum Gasteiger partial charge on any atom is 0.328 e. The molecule has 2 rings (SSSR count). The average molecular weight is 412 g/mol. The van der Waals surface area contributed by atoms with Crippen LogP contribution in [0.2, 0.25) is 0 Å². The van der Waals surface area contributed by atoms with Gasteiger partial charge in [0.1, 0.15) is 16.6 Å². The first-order valence-corrected chi connectivity index (χ1v) is 10.3. The fourth-order valence-electron chi connectivity index (χ4n) is 3.53. The standard InChI is InChI=1S/C25H33NO4/c1-7-25(26,22(28)30-23(3,4)5)24(6,21(27)29-8-2)20-16-14-19(15-17-20)18-12-10-9-11-13-18/h9-17H,7-8,26H2,1-6H3. The van der Waals surface area contributed by atoms with Crippen LogP contribution in [0.5, 0.6) is 0 Å². The summed E-state index contributed by atoms with van der Waals surface area (Å²) in [5, 5.41) is 0. The van der Waals surface area contributed by atoms with Crippen LogP contribution < -0.4 is 5.73 Å². The van der Waals surface area contributed by atoms with Crippen molar-refractivity contribution in [3.63, 3.8) is 0 Å². The van der Waals surface area contributed by atoms with Gasteiger partial charge in [-0.15, -0.1) is 0 Å². The van der Waals surface area contributed by atoms with Gasteiger partial charge in [-0.1, -0.05) is 61.5 Å². The molecule has 0 amide bonds. The highest BCUT2D eigenvalue weighted by Crippen LogP contribution is 2.40. The molecule has 0 fully saturated rings. The highest BCUT2D eigenvalue weighted by Gasteiger charge is 2.58. The number of esters is 2. The SMILES string of the molecule is CCOC(=O)C(C)(c1ccc(-c2ccccc2)cc1)C(N)(CC)C(=O)OC(C)(C)C. The Kier molecular flexibility index (Phi) is 7.09. The molecule has 30 heavy (non-hydrogen) atoms. The maximum absolute atomic E-state index is 13.2. The van der Waals surface area contributed by atoms with Gasteiger partial charge < -0.3 is 15.2 Å². The number of hydrogen-bond acceptors (Lipinski definition) is 5. The van der Waals surface area contributed by atoms with Gasteiger partial charge in [-0.05, 0) is 57.7 Å². The number of carbonyl (C=O) groups excluding carboxylic acids is 2. The van der Waals surface area contributed by atoms with Crippen LogP contribution in [0.25, 0.3) is 11.1 Å². The molecule has 0 heterocycles. The number of rotatable bonds is 7. The second-order valence-corrected chi connectivity index (χ2v) is 8.62. The number of nitrogens with two attached hydrogens (primary N) is 1. The van der Waals surface area contributed by atoms with Crippen LogP contribution in [0.3, 0.4) is 0 Å². The topological polar surface area (TPSA) is 78.6 Å². The molecule has 5 nitrogen and oxygen atoms in total. The van der Waals surface area contributed by atoms with E-state index in [4.69, 9.17) is 15.2 Å². The van der Waals surface area contributed by atoms with Gasteiger partial charge in [0.15, 0.2) is 0 Å². The van der Waals surface area contributed by atoms with Crippen LogP contribution >= 0.6 is 0 Å². The molecule has 0 radical (unpaired) electrons. The summed E-state index contributed by atoms with van der Waals surface area (Å²) < 4.78 is 11.0. The molecule has 2 aromatic rings. The van der Waals surface area contributed by atoms with Gasteiger partial charge in [-0.2, -0.15) is 0 Å². The Bertz CT molecular complexity index is 870. The van der Waals surface area contributed by atoms with Crippen LogP contribution in [0, 0.1) is 0 Å². The second-order valence-electron chi connectivity index (χ2n) is 8.62. The average Bonchev–Trinajstić information content (AvgIpc) is 2.72. The Hall–Kier alpha value is -2.66. The van der Waals surface area contributed by atoms with Crippen LogP contribution in [-0.2, 0) is 24.5 Å². The van der Waals surface area contributed by atoms with Gasteiger partial charge in [0.2, 0.25) is 0 Å². The van der Waals surface area contributed by atoms with Gasteiger partial charge in [0, 0.05) is 0 Å². The Balaban J connectivity index is 2.58. The van der Waals surface area contributed by atoms with E-state index in [2.05, 4.69) is 0 Å². The highest BCUT2D eigenvalue weighted by molar-refractivity contribution is 5.96. The van der Waals surface area contributed by atoms with Gasteiger partial charge in [0.25, 0.3) is 0 Å².